The molecule has 286 valence electrons. The minimum Gasteiger partial charge on any atom is -0.425 e. The van der Waals surface area contributed by atoms with Crippen LogP contribution in [0.1, 0.15) is 50.1 Å². The third-order valence-corrected chi connectivity index (χ3v) is 10.8. The zero-order valence-corrected chi connectivity index (χ0v) is 32.5. The molecule has 2 aliphatic heterocycles. The Labute approximate surface area is 326 Å². The third-order valence-electron chi connectivity index (χ3n) is 8.80. The van der Waals surface area contributed by atoms with Crippen LogP contribution in [0.5, 0.6) is 0 Å². The maximum absolute atomic E-state index is 14.3. The number of methoxy groups -OCH3 is 1. The van der Waals surface area contributed by atoms with E-state index in [0.29, 0.717) is 11.3 Å². The summed E-state index contributed by atoms with van der Waals surface area (Å²) in [7, 11) is 1.47. The molecule has 1 fully saturated rings. The summed E-state index contributed by atoms with van der Waals surface area (Å²) in [4.78, 5) is 66.3. The number of nitrogens with two attached hydrogens (primary N) is 1. The van der Waals surface area contributed by atoms with Crippen LogP contribution in [0.3, 0.4) is 0 Å². The van der Waals surface area contributed by atoms with Gasteiger partial charge in [0.05, 0.1) is 12.0 Å². The number of nitrogen functional groups attached to an aromatic ring is 1. The summed E-state index contributed by atoms with van der Waals surface area (Å²) in [5.41, 5.74) is 6.54. The van der Waals surface area contributed by atoms with Crippen molar-refractivity contribution in [3.05, 3.63) is 130 Å². The molecule has 3 N–H and O–H groups in total. The standard InChI is InChI=1S/C40H41N5O8S2/c1-24(52-37(49)39(2,3)4)51-36(48)32-25(21-50-5)22-54-35-31(34(47)45(32)35)43-33(46)30(29-23-55-38(41)42-29)44-53-40(26-15-9-6-10-16-26,27-17-11-7-12-18-27)28-19-13-8-14-20-28/h6-20,23-24,31,35H,21-22H2,1-5H3,(H2,41,42)(H,43,46)/b44-30-/t24-,31-,35-/m1/s1. The second kappa shape index (κ2) is 16.5. The van der Waals surface area contributed by atoms with E-state index in [9.17, 15) is 19.2 Å². The molecule has 1 saturated heterocycles. The van der Waals surface area contributed by atoms with Crippen LogP contribution < -0.4 is 11.1 Å². The molecule has 0 radical (unpaired) electrons. The number of nitrogens with one attached hydrogen (secondary N) is 1. The molecule has 15 heteroatoms. The van der Waals surface area contributed by atoms with E-state index < -0.39 is 52.5 Å². The Hall–Kier alpha value is -5.51. The summed E-state index contributed by atoms with van der Waals surface area (Å²) >= 11 is 2.46. The summed E-state index contributed by atoms with van der Waals surface area (Å²) in [6.45, 7) is 6.50. The number of thioether (sulfide) groups is 1. The molecule has 0 saturated carbocycles. The lowest BCUT2D eigenvalue weighted by Gasteiger charge is -2.49. The van der Waals surface area contributed by atoms with Crippen LogP contribution in [-0.4, -0.2) is 76.5 Å². The van der Waals surface area contributed by atoms with E-state index in [0.717, 1.165) is 28.0 Å². The fourth-order valence-corrected chi connectivity index (χ4v) is 7.99. The number of benzene rings is 3. The number of esters is 2. The van der Waals surface area contributed by atoms with Gasteiger partial charge in [0.15, 0.2) is 10.8 Å². The molecule has 55 heavy (non-hydrogen) atoms. The number of thiazole rings is 1. The molecule has 3 aromatic carbocycles. The molecule has 0 unspecified atom stereocenters. The number of rotatable bonds is 13. The van der Waals surface area contributed by atoms with Crippen molar-refractivity contribution in [2.24, 2.45) is 10.6 Å². The van der Waals surface area contributed by atoms with E-state index in [1.165, 1.54) is 30.7 Å². The van der Waals surface area contributed by atoms with E-state index in [-0.39, 0.29) is 28.8 Å². The van der Waals surface area contributed by atoms with Gasteiger partial charge in [-0.05, 0) is 26.3 Å². The van der Waals surface area contributed by atoms with Gasteiger partial charge in [-0.15, -0.1) is 23.1 Å². The fourth-order valence-electron chi connectivity index (χ4n) is 6.12. The van der Waals surface area contributed by atoms with Crippen molar-refractivity contribution < 1.29 is 38.2 Å². The van der Waals surface area contributed by atoms with Crippen molar-refractivity contribution in [1.82, 2.24) is 15.2 Å². The van der Waals surface area contributed by atoms with E-state index in [1.54, 1.807) is 26.2 Å². The number of hydrogen-bond donors (Lipinski definition) is 2. The Bertz CT molecular complexity index is 2000. The fraction of sp³-hybridized carbons (Fsp3) is 0.300. The zero-order chi connectivity index (χ0) is 39.3. The second-order valence-electron chi connectivity index (χ2n) is 13.8. The van der Waals surface area contributed by atoms with E-state index in [1.807, 2.05) is 91.0 Å². The number of hydrogen-bond acceptors (Lipinski definition) is 13. The normalized spacial score (nSPS) is 17.8. The van der Waals surface area contributed by atoms with Gasteiger partial charge < -0.3 is 30.1 Å². The Morgan fingerprint density at radius 1 is 0.945 bits per heavy atom. The molecular weight excluding hydrogens is 743 g/mol. The highest BCUT2D eigenvalue weighted by Gasteiger charge is 2.55. The first-order chi connectivity index (χ1) is 26.3. The van der Waals surface area contributed by atoms with E-state index in [4.69, 9.17) is 24.8 Å². The smallest absolute Gasteiger partial charge is 0.358 e. The van der Waals surface area contributed by atoms with Crippen molar-refractivity contribution in [3.63, 3.8) is 0 Å². The van der Waals surface area contributed by atoms with Crippen molar-refractivity contribution >= 4 is 57.7 Å². The van der Waals surface area contributed by atoms with Crippen molar-refractivity contribution in [2.45, 2.75) is 51.0 Å². The van der Waals surface area contributed by atoms with Crippen LogP contribution in [-0.2, 0) is 43.8 Å². The number of aromatic nitrogens is 1. The number of carbonyl (C=O) groups is 4. The van der Waals surface area contributed by atoms with Gasteiger partial charge >= 0.3 is 11.9 Å². The molecule has 0 aliphatic carbocycles. The van der Waals surface area contributed by atoms with Crippen LogP contribution in [0.4, 0.5) is 5.13 Å². The van der Waals surface area contributed by atoms with Crippen LogP contribution >= 0.6 is 23.1 Å². The minimum atomic E-state index is -1.31. The molecule has 2 amide bonds. The predicted molar refractivity (Wildman–Crippen MR) is 208 cm³/mol. The van der Waals surface area contributed by atoms with Gasteiger partial charge in [-0.1, -0.05) is 96.2 Å². The Morgan fingerprint density at radius 2 is 1.51 bits per heavy atom. The van der Waals surface area contributed by atoms with E-state index >= 15 is 0 Å². The van der Waals surface area contributed by atoms with Gasteiger partial charge in [0.1, 0.15) is 22.8 Å². The number of carbonyl (C=O) groups excluding carboxylic acids is 4. The van der Waals surface area contributed by atoms with Crippen molar-refractivity contribution in [1.29, 1.82) is 0 Å². The SMILES string of the molecule is COCC1=C(C(=O)O[C@@H](C)OC(=O)C(C)(C)C)N2C(=O)[C@@H](NC(=O)/C(=N\OC(c3ccccc3)(c3ccccc3)c3ccccc3)c3csc(N)n3)[C@H]2SC1. The van der Waals surface area contributed by atoms with Gasteiger partial charge in [-0.3, -0.25) is 19.3 Å². The topological polar surface area (TPSA) is 172 Å². The van der Waals surface area contributed by atoms with Crippen molar-refractivity contribution in [3.8, 4) is 0 Å². The minimum absolute atomic E-state index is 0.0253. The largest absolute Gasteiger partial charge is 0.425 e. The maximum Gasteiger partial charge on any atom is 0.358 e. The van der Waals surface area contributed by atoms with Crippen molar-refractivity contribution in [2.75, 3.05) is 25.2 Å². The van der Waals surface area contributed by atoms with E-state index in [2.05, 4.69) is 15.5 Å². The second-order valence-corrected chi connectivity index (χ2v) is 15.8. The summed E-state index contributed by atoms with van der Waals surface area (Å²) in [6, 6.07) is 27.5. The Balaban J connectivity index is 1.31. The molecule has 1 aromatic heterocycles. The van der Waals surface area contributed by atoms with Crippen LogP contribution in [0.15, 0.2) is 113 Å². The molecule has 3 heterocycles. The lowest BCUT2D eigenvalue weighted by atomic mass is 9.80. The summed E-state index contributed by atoms with van der Waals surface area (Å²) in [5, 5.41) is 8.44. The molecule has 6 rings (SSSR count). The summed E-state index contributed by atoms with van der Waals surface area (Å²) < 4.78 is 16.1. The highest BCUT2D eigenvalue weighted by Crippen LogP contribution is 2.42. The molecule has 13 nitrogen and oxygen atoms in total. The van der Waals surface area contributed by atoms with Crippen LogP contribution in [0.2, 0.25) is 0 Å². The first-order valence-electron chi connectivity index (χ1n) is 17.4. The third kappa shape index (κ3) is 8.14. The lowest BCUT2D eigenvalue weighted by Crippen LogP contribution is -2.71. The summed E-state index contributed by atoms with van der Waals surface area (Å²) in [6.07, 6.45) is -1.23. The molecule has 4 aromatic rings. The van der Waals surface area contributed by atoms with Crippen LogP contribution in [0, 0.1) is 5.41 Å². The molecule has 0 bridgehead atoms. The number of fused-ring (bicyclic) bond motifs is 1. The zero-order valence-electron chi connectivity index (χ0n) is 30.9. The number of oxime groups is 1. The van der Waals surface area contributed by atoms with Crippen LogP contribution in [0.25, 0.3) is 0 Å². The van der Waals surface area contributed by atoms with Gasteiger partial charge in [-0.2, -0.15) is 0 Å². The number of ether oxygens (including phenoxy) is 3. The number of amides is 2. The quantitative estimate of drug-likeness (QED) is 0.0455. The number of nitrogens with zero attached hydrogens (tertiary/aromatic N) is 3. The first-order valence-corrected chi connectivity index (χ1v) is 19.3. The predicted octanol–water partition coefficient (Wildman–Crippen LogP) is 5.22. The number of β-lactam (4-membered cyclic amide) rings is 1. The molecule has 3 atom stereocenters. The maximum atomic E-state index is 14.3. The van der Waals surface area contributed by atoms with Gasteiger partial charge in [0, 0.05) is 41.9 Å². The van der Waals surface area contributed by atoms with Gasteiger partial charge in [0.2, 0.25) is 11.9 Å². The number of anilines is 1. The summed E-state index contributed by atoms with van der Waals surface area (Å²) in [5.74, 6) is -2.43. The molecule has 0 spiro atoms. The molecule has 2 aliphatic rings. The molecular formula is C40H41N5O8S2. The lowest BCUT2D eigenvalue weighted by molar-refractivity contribution is -0.190. The highest BCUT2D eigenvalue weighted by atomic mass is 32.2. The average Bonchev–Trinajstić information content (AvgIpc) is 3.61. The van der Waals surface area contributed by atoms with Gasteiger partial charge in [-0.25, -0.2) is 9.78 Å². The monoisotopic (exact) mass is 783 g/mol. The Morgan fingerprint density at radius 3 is 2.00 bits per heavy atom. The van der Waals surface area contributed by atoms with Gasteiger partial charge in [0.25, 0.3) is 11.8 Å². The Kier molecular flexibility index (Phi) is 11.7. The average molecular weight is 784 g/mol. The first kappa shape index (κ1) is 39.2. The highest BCUT2D eigenvalue weighted by molar-refractivity contribution is 8.00.